The average Bonchev–Trinajstić information content (AvgIpc) is 3.17. The number of thiophene rings is 1. The zero-order valence-electron chi connectivity index (χ0n) is 19.9. The summed E-state index contributed by atoms with van der Waals surface area (Å²) >= 11 is 1.24. The molecule has 1 aromatic heterocycles. The second-order valence-corrected chi connectivity index (χ2v) is 10.7. The van der Waals surface area contributed by atoms with Crippen molar-refractivity contribution in [2.75, 3.05) is 18.1 Å². The standard InChI is InChI=1S/C25H34N2O5S/c1-16-5-7-18(8-6-16)22(29)27(19-10-13-32-14-11-19)23-21(24(30)31)15-20(33-23)9-12-25(3,4)26-17(2)28/h15-16,18-19H,5-8,10-11,13-14H2,1-4H3,(H,26,28)(H,30,31). The molecule has 2 heterocycles. The Labute approximate surface area is 199 Å². The van der Waals surface area contributed by atoms with Gasteiger partial charge in [0.05, 0.1) is 16.0 Å². The normalized spacial score (nSPS) is 21.6. The minimum absolute atomic E-state index is 0.0243. The Morgan fingerprint density at radius 2 is 1.79 bits per heavy atom. The summed E-state index contributed by atoms with van der Waals surface area (Å²) in [5, 5.41) is 13.2. The van der Waals surface area contributed by atoms with Crippen LogP contribution in [0.25, 0.3) is 0 Å². The Bertz CT molecular complexity index is 944. The molecule has 1 saturated carbocycles. The summed E-state index contributed by atoms with van der Waals surface area (Å²) in [5.41, 5.74) is -0.653. The minimum atomic E-state index is -1.07. The number of ether oxygens (including phenoxy) is 1. The van der Waals surface area contributed by atoms with Gasteiger partial charge in [-0.15, -0.1) is 11.3 Å². The van der Waals surface area contributed by atoms with Crippen LogP contribution in [0.2, 0.25) is 0 Å². The van der Waals surface area contributed by atoms with Crippen molar-refractivity contribution >= 4 is 34.1 Å². The van der Waals surface area contributed by atoms with Crippen LogP contribution in [-0.2, 0) is 14.3 Å². The smallest absolute Gasteiger partial charge is 0.338 e. The molecule has 0 radical (unpaired) electrons. The zero-order valence-corrected chi connectivity index (χ0v) is 20.7. The number of carbonyl (C=O) groups excluding carboxylic acids is 2. The first-order valence-corrected chi connectivity index (χ1v) is 12.5. The molecule has 0 spiro atoms. The molecule has 3 rings (SSSR count). The number of carboxylic acids is 1. The van der Waals surface area contributed by atoms with E-state index in [2.05, 4.69) is 24.1 Å². The first kappa shape index (κ1) is 25.3. The highest BCUT2D eigenvalue weighted by Gasteiger charge is 2.36. The molecule has 1 aliphatic heterocycles. The van der Waals surface area contributed by atoms with Gasteiger partial charge in [-0.3, -0.25) is 14.5 Å². The molecular formula is C25H34N2O5S. The molecule has 0 unspecified atom stereocenters. The van der Waals surface area contributed by atoms with Gasteiger partial charge >= 0.3 is 5.97 Å². The van der Waals surface area contributed by atoms with Crippen LogP contribution in [0, 0.1) is 23.7 Å². The topological polar surface area (TPSA) is 95.9 Å². The van der Waals surface area contributed by atoms with E-state index in [1.54, 1.807) is 24.8 Å². The first-order chi connectivity index (χ1) is 15.6. The van der Waals surface area contributed by atoms with E-state index < -0.39 is 11.5 Å². The number of rotatable bonds is 5. The third-order valence-electron chi connectivity index (χ3n) is 6.31. The maximum atomic E-state index is 13.7. The minimum Gasteiger partial charge on any atom is -0.478 e. The summed E-state index contributed by atoms with van der Waals surface area (Å²) < 4.78 is 5.51. The molecule has 33 heavy (non-hydrogen) atoms. The molecule has 7 nitrogen and oxygen atoms in total. The van der Waals surface area contributed by atoms with Crippen molar-refractivity contribution < 1.29 is 24.2 Å². The molecule has 0 aromatic carbocycles. The number of carbonyl (C=O) groups is 3. The molecule has 1 aromatic rings. The molecule has 0 bridgehead atoms. The molecule has 2 aliphatic rings. The number of nitrogens with zero attached hydrogens (tertiary/aromatic N) is 1. The van der Waals surface area contributed by atoms with Crippen molar-refractivity contribution in [1.29, 1.82) is 0 Å². The largest absolute Gasteiger partial charge is 0.478 e. The maximum absolute atomic E-state index is 13.7. The monoisotopic (exact) mass is 474 g/mol. The lowest BCUT2D eigenvalue weighted by atomic mass is 9.82. The van der Waals surface area contributed by atoms with E-state index in [0.717, 1.165) is 25.7 Å². The van der Waals surface area contributed by atoms with E-state index in [4.69, 9.17) is 4.74 Å². The van der Waals surface area contributed by atoms with Gasteiger partial charge in [-0.1, -0.05) is 18.8 Å². The van der Waals surface area contributed by atoms with Crippen LogP contribution in [0.5, 0.6) is 0 Å². The lowest BCUT2D eigenvalue weighted by Crippen LogP contribution is -2.47. The Hall–Kier alpha value is -2.37. The number of nitrogens with one attached hydrogen (secondary N) is 1. The molecule has 180 valence electrons. The Morgan fingerprint density at radius 3 is 2.36 bits per heavy atom. The number of anilines is 1. The molecule has 1 saturated heterocycles. The maximum Gasteiger partial charge on any atom is 0.338 e. The van der Waals surface area contributed by atoms with E-state index in [1.807, 2.05) is 0 Å². The summed E-state index contributed by atoms with van der Waals surface area (Å²) in [4.78, 5) is 39.6. The highest BCUT2D eigenvalue weighted by molar-refractivity contribution is 7.17. The Kier molecular flexibility index (Phi) is 8.19. The number of aromatic carboxylic acids is 1. The van der Waals surface area contributed by atoms with E-state index in [9.17, 15) is 19.5 Å². The zero-order chi connectivity index (χ0) is 24.2. The number of amides is 2. The Morgan fingerprint density at radius 1 is 1.15 bits per heavy atom. The van der Waals surface area contributed by atoms with Crippen LogP contribution in [0.3, 0.4) is 0 Å². The van der Waals surface area contributed by atoms with Crippen LogP contribution < -0.4 is 10.2 Å². The van der Waals surface area contributed by atoms with Gasteiger partial charge in [0, 0.05) is 32.1 Å². The molecular weight excluding hydrogens is 440 g/mol. The SMILES string of the molecule is CC(=O)NC(C)(C)C#Cc1cc(C(=O)O)c(N(C(=O)C2CCC(C)CC2)C2CCOCC2)s1. The van der Waals surface area contributed by atoms with Gasteiger partial charge in [-0.05, 0) is 64.4 Å². The lowest BCUT2D eigenvalue weighted by Gasteiger charge is -2.37. The van der Waals surface area contributed by atoms with Gasteiger partial charge in [0.15, 0.2) is 0 Å². The van der Waals surface area contributed by atoms with Gasteiger partial charge in [0.1, 0.15) is 5.00 Å². The second kappa shape index (κ2) is 10.7. The van der Waals surface area contributed by atoms with E-state index in [0.29, 0.717) is 41.9 Å². The number of hydrogen-bond donors (Lipinski definition) is 2. The van der Waals surface area contributed by atoms with Crippen LogP contribution >= 0.6 is 11.3 Å². The van der Waals surface area contributed by atoms with Crippen molar-refractivity contribution in [1.82, 2.24) is 5.32 Å². The van der Waals surface area contributed by atoms with E-state index in [1.165, 1.54) is 18.3 Å². The van der Waals surface area contributed by atoms with Crippen LogP contribution in [-0.4, -0.2) is 47.7 Å². The van der Waals surface area contributed by atoms with Crippen molar-refractivity contribution in [2.45, 2.75) is 77.8 Å². The summed E-state index contributed by atoms with van der Waals surface area (Å²) in [5.74, 6) is 5.33. The average molecular weight is 475 g/mol. The fourth-order valence-electron chi connectivity index (χ4n) is 4.56. The third kappa shape index (κ3) is 6.58. The number of carboxylic acid groups (broad SMARTS) is 1. The van der Waals surface area contributed by atoms with Crippen molar-refractivity contribution in [2.24, 2.45) is 11.8 Å². The molecule has 8 heteroatoms. The highest BCUT2D eigenvalue weighted by Crippen LogP contribution is 2.38. The van der Waals surface area contributed by atoms with E-state index >= 15 is 0 Å². The highest BCUT2D eigenvalue weighted by atomic mass is 32.1. The number of hydrogen-bond acceptors (Lipinski definition) is 5. The van der Waals surface area contributed by atoms with Gasteiger partial charge in [-0.2, -0.15) is 0 Å². The van der Waals surface area contributed by atoms with Gasteiger partial charge in [-0.25, -0.2) is 4.79 Å². The summed E-state index contributed by atoms with van der Waals surface area (Å²) in [6.07, 6.45) is 5.08. The first-order valence-electron chi connectivity index (χ1n) is 11.7. The second-order valence-electron chi connectivity index (χ2n) is 9.70. The predicted molar refractivity (Wildman–Crippen MR) is 129 cm³/mol. The lowest BCUT2D eigenvalue weighted by molar-refractivity contribution is -0.124. The summed E-state index contributed by atoms with van der Waals surface area (Å²) in [7, 11) is 0. The van der Waals surface area contributed by atoms with Crippen LogP contribution in [0.4, 0.5) is 5.00 Å². The van der Waals surface area contributed by atoms with Crippen molar-refractivity contribution in [3.63, 3.8) is 0 Å². The fraction of sp³-hybridized carbons (Fsp3) is 0.640. The van der Waals surface area contributed by atoms with Crippen molar-refractivity contribution in [3.8, 4) is 11.8 Å². The molecule has 1 aliphatic carbocycles. The predicted octanol–water partition coefficient (Wildman–Crippen LogP) is 4.05. The molecule has 2 fully saturated rings. The molecule has 0 atom stereocenters. The summed E-state index contributed by atoms with van der Waals surface area (Å²) in [6.45, 7) is 8.33. The van der Waals surface area contributed by atoms with Crippen molar-refractivity contribution in [3.05, 3.63) is 16.5 Å². The van der Waals surface area contributed by atoms with Gasteiger partial charge < -0.3 is 15.2 Å². The van der Waals surface area contributed by atoms with Crippen LogP contribution in [0.1, 0.15) is 81.5 Å². The van der Waals surface area contributed by atoms with E-state index in [-0.39, 0.29) is 29.3 Å². The third-order valence-corrected chi connectivity index (χ3v) is 7.36. The van der Waals surface area contributed by atoms with Gasteiger partial charge in [0.2, 0.25) is 11.8 Å². The van der Waals surface area contributed by atoms with Gasteiger partial charge in [0.25, 0.3) is 0 Å². The van der Waals surface area contributed by atoms with Crippen LogP contribution in [0.15, 0.2) is 6.07 Å². The molecule has 2 N–H and O–H groups in total. The fourth-order valence-corrected chi connectivity index (χ4v) is 5.64. The summed E-state index contributed by atoms with van der Waals surface area (Å²) in [6, 6.07) is 1.46. The molecule has 2 amide bonds. The Balaban J connectivity index is 1.98. The quantitative estimate of drug-likeness (QED) is 0.628.